The van der Waals surface area contributed by atoms with Crippen LogP contribution in [0.3, 0.4) is 0 Å². The molecule has 0 amide bonds. The zero-order chi connectivity index (χ0) is 4.50. The van der Waals surface area contributed by atoms with Gasteiger partial charge in [0.05, 0.1) is 0 Å². The first-order chi connectivity index (χ1) is 2.00. The van der Waals surface area contributed by atoms with Crippen molar-refractivity contribution in [3.05, 3.63) is 0 Å². The van der Waals surface area contributed by atoms with Crippen LogP contribution < -0.4 is 0 Å². The van der Waals surface area contributed by atoms with Crippen LogP contribution in [0, 0.1) is 0 Å². The standard InChI is InChI=1S/BClF3/c2-1(3,4)5/q-1. The summed E-state index contributed by atoms with van der Waals surface area (Å²) in [7, 11) is 0. The topological polar surface area (TPSA) is 0 Å². The highest BCUT2D eigenvalue weighted by Gasteiger charge is 2.15. The van der Waals surface area contributed by atoms with E-state index < -0.39 is 6.39 Å². The molecule has 0 aromatic heterocycles. The summed E-state index contributed by atoms with van der Waals surface area (Å²) in [4.78, 5) is 0. The second kappa shape index (κ2) is 1.09. The lowest BCUT2D eigenvalue weighted by Crippen LogP contribution is -1.99. The third kappa shape index (κ3) is 908. The summed E-state index contributed by atoms with van der Waals surface area (Å²) in [5, 5.41) is 0. The molecule has 5 heavy (non-hydrogen) atoms. The van der Waals surface area contributed by atoms with E-state index in [4.69, 9.17) is 0 Å². The van der Waals surface area contributed by atoms with Crippen LogP contribution in [0.4, 0.5) is 12.9 Å². The summed E-state index contributed by atoms with van der Waals surface area (Å²) in [6.07, 6.45) is -5.03. The quantitative estimate of drug-likeness (QED) is 0.408. The lowest BCUT2D eigenvalue weighted by atomic mass is 10.4. The van der Waals surface area contributed by atoms with Crippen LogP contribution >= 0.6 is 11.5 Å². The van der Waals surface area contributed by atoms with E-state index in [1.165, 1.54) is 0 Å². The largest absolute Gasteiger partial charge is 0.576 e. The Morgan fingerprint density at radius 1 is 1.20 bits per heavy atom. The Balaban J connectivity index is 3.02. The molecule has 32 valence electrons. The summed E-state index contributed by atoms with van der Waals surface area (Å²) in [5.74, 6) is 0. The van der Waals surface area contributed by atoms with Gasteiger partial charge >= 0.3 is 6.39 Å². The molecule has 0 unspecified atom stereocenters. The average molecular weight is 103 g/mol. The summed E-state index contributed by atoms with van der Waals surface area (Å²) >= 11 is 3.59. The summed E-state index contributed by atoms with van der Waals surface area (Å²) < 4.78 is 30.5. The van der Waals surface area contributed by atoms with Crippen molar-refractivity contribution >= 4 is 17.9 Å². The molecule has 0 atom stereocenters. The fourth-order valence-corrected chi connectivity index (χ4v) is 0. The van der Waals surface area contributed by atoms with Crippen LogP contribution in [-0.4, -0.2) is 6.39 Å². The molecule has 0 saturated heterocycles. The Kier molecular flexibility index (Phi) is 1.12. The van der Waals surface area contributed by atoms with Gasteiger partial charge in [-0.25, -0.2) is 0 Å². The van der Waals surface area contributed by atoms with Crippen LogP contribution in [0.25, 0.3) is 0 Å². The van der Waals surface area contributed by atoms with Crippen molar-refractivity contribution in [3.63, 3.8) is 0 Å². The minimum absolute atomic E-state index is 3.59. The summed E-state index contributed by atoms with van der Waals surface area (Å²) in [5.41, 5.74) is 0. The van der Waals surface area contributed by atoms with Crippen molar-refractivity contribution in [1.29, 1.82) is 0 Å². The lowest BCUT2D eigenvalue weighted by molar-refractivity contribution is 0.516. The molecule has 0 nitrogen and oxygen atoms in total. The van der Waals surface area contributed by atoms with E-state index in [1.54, 1.807) is 0 Å². The normalized spacial score (nSPS) is 12.0. The zero-order valence-corrected chi connectivity index (χ0v) is 2.85. The molecule has 0 bridgehead atoms. The number of rotatable bonds is 0. The smallest absolute Gasteiger partial charge is 0.435 e. The highest BCUT2D eigenvalue weighted by molar-refractivity contribution is 7.08. The Labute approximate surface area is 31.9 Å². The SMILES string of the molecule is F[B-](F)(F)Cl. The van der Waals surface area contributed by atoms with E-state index >= 15 is 0 Å². The van der Waals surface area contributed by atoms with Gasteiger partial charge in [-0.3, -0.25) is 11.5 Å². The van der Waals surface area contributed by atoms with Crippen molar-refractivity contribution in [3.8, 4) is 0 Å². The van der Waals surface area contributed by atoms with Gasteiger partial charge in [-0.15, -0.1) is 0 Å². The van der Waals surface area contributed by atoms with Gasteiger partial charge in [-0.05, 0) is 0 Å². The molecule has 0 aliphatic rings. The molecule has 0 radical (unpaired) electrons. The molecule has 5 heteroatoms. The first-order valence-corrected chi connectivity index (χ1v) is 1.31. The number of hydrogen-bond donors (Lipinski definition) is 0. The van der Waals surface area contributed by atoms with Crippen LogP contribution in [0.5, 0.6) is 0 Å². The highest BCUT2D eigenvalue weighted by Crippen LogP contribution is 2.11. The van der Waals surface area contributed by atoms with Crippen molar-refractivity contribution < 1.29 is 12.9 Å². The van der Waals surface area contributed by atoms with E-state index in [1.807, 2.05) is 0 Å². The molecule has 0 aromatic carbocycles. The molecular formula is BClF3-. The maximum atomic E-state index is 10.2. The third-order valence-electron chi connectivity index (χ3n) is 0. The van der Waals surface area contributed by atoms with E-state index in [0.29, 0.717) is 0 Å². The second-order valence-electron chi connectivity index (χ2n) is 0.495. The Morgan fingerprint density at radius 2 is 1.20 bits per heavy atom. The fraction of sp³-hybridized carbons (Fsp3) is 0. The minimum atomic E-state index is -5.03. The van der Waals surface area contributed by atoms with Crippen LogP contribution in [0.15, 0.2) is 0 Å². The molecule has 0 spiro atoms. The van der Waals surface area contributed by atoms with Gasteiger partial charge in [0.2, 0.25) is 0 Å². The average Bonchev–Trinajstić information content (AvgIpc) is 0.722. The molecule has 0 N–H and O–H groups in total. The third-order valence-corrected chi connectivity index (χ3v) is 0. The minimum Gasteiger partial charge on any atom is -0.435 e. The van der Waals surface area contributed by atoms with E-state index in [2.05, 4.69) is 11.5 Å². The first-order valence-electron chi connectivity index (χ1n) is 0.873. The molecule has 0 aliphatic carbocycles. The zero-order valence-electron chi connectivity index (χ0n) is 2.09. The van der Waals surface area contributed by atoms with Gasteiger partial charge in [0.1, 0.15) is 0 Å². The van der Waals surface area contributed by atoms with Crippen LogP contribution in [0.2, 0.25) is 0 Å². The van der Waals surface area contributed by atoms with Crippen molar-refractivity contribution in [2.75, 3.05) is 0 Å². The van der Waals surface area contributed by atoms with Gasteiger partial charge in [0.15, 0.2) is 0 Å². The van der Waals surface area contributed by atoms with Gasteiger partial charge in [-0.1, -0.05) is 0 Å². The van der Waals surface area contributed by atoms with E-state index in [-0.39, 0.29) is 0 Å². The number of halogens is 4. The maximum Gasteiger partial charge on any atom is 0.576 e. The second-order valence-corrected chi connectivity index (χ2v) is 0.990. The first kappa shape index (κ1) is 5.14. The predicted octanol–water partition coefficient (Wildman–Crippen LogP) is 1.57. The lowest BCUT2D eigenvalue weighted by Gasteiger charge is -1.97. The van der Waals surface area contributed by atoms with E-state index in [0.717, 1.165) is 0 Å². The summed E-state index contributed by atoms with van der Waals surface area (Å²) in [6.45, 7) is 0. The maximum absolute atomic E-state index is 10.2. The fourth-order valence-electron chi connectivity index (χ4n) is 0. The molecule has 0 fully saturated rings. The summed E-state index contributed by atoms with van der Waals surface area (Å²) in [6, 6.07) is 0. The van der Waals surface area contributed by atoms with Gasteiger partial charge < -0.3 is 12.9 Å². The Bertz CT molecular complexity index is 22.4. The monoisotopic (exact) mass is 103 g/mol. The predicted molar refractivity (Wildman–Crippen MR) is 14.9 cm³/mol. The van der Waals surface area contributed by atoms with Gasteiger partial charge in [-0.2, -0.15) is 0 Å². The highest BCUT2D eigenvalue weighted by atomic mass is 35.5. The molecular weight excluding hydrogens is 103 g/mol. The van der Waals surface area contributed by atoms with Crippen LogP contribution in [0.1, 0.15) is 0 Å². The van der Waals surface area contributed by atoms with Crippen molar-refractivity contribution in [1.82, 2.24) is 0 Å². The van der Waals surface area contributed by atoms with Crippen LogP contribution in [-0.2, 0) is 0 Å². The van der Waals surface area contributed by atoms with E-state index in [9.17, 15) is 12.9 Å². The Morgan fingerprint density at radius 3 is 1.20 bits per heavy atom. The van der Waals surface area contributed by atoms with Crippen molar-refractivity contribution in [2.24, 2.45) is 0 Å². The number of hydrogen-bond acceptors (Lipinski definition) is 0. The molecule has 0 aromatic rings. The molecule has 0 heterocycles. The molecule has 0 saturated carbocycles. The Hall–Kier alpha value is 0.145. The van der Waals surface area contributed by atoms with Crippen molar-refractivity contribution in [2.45, 2.75) is 0 Å². The van der Waals surface area contributed by atoms with Gasteiger partial charge in [0.25, 0.3) is 0 Å². The van der Waals surface area contributed by atoms with Gasteiger partial charge in [0, 0.05) is 0 Å². The molecule has 0 aliphatic heterocycles. The molecule has 0 rings (SSSR count).